The van der Waals surface area contributed by atoms with Gasteiger partial charge in [0, 0.05) is 11.0 Å². The van der Waals surface area contributed by atoms with Gasteiger partial charge in [-0.25, -0.2) is 4.79 Å². The highest BCUT2D eigenvalue weighted by Gasteiger charge is 2.27. The van der Waals surface area contributed by atoms with Crippen LogP contribution in [0, 0.1) is 0 Å². The Kier molecular flexibility index (Phi) is 7.43. The molecule has 0 unspecified atom stereocenters. The molecule has 0 radical (unpaired) electrons. The Morgan fingerprint density at radius 2 is 1.36 bits per heavy atom. The van der Waals surface area contributed by atoms with Crippen molar-refractivity contribution in [3.8, 4) is 5.75 Å². The van der Waals surface area contributed by atoms with Crippen LogP contribution >= 0.6 is 15.9 Å². The number of nitrogens with one attached hydrogen (secondary N) is 1. The number of halogens is 1. The summed E-state index contributed by atoms with van der Waals surface area (Å²) in [5.74, 6) is 0.783. The van der Waals surface area contributed by atoms with Gasteiger partial charge >= 0.3 is 6.03 Å². The number of methoxy groups -OCH3 is 1. The second-order valence-electron chi connectivity index (χ2n) is 7.61. The fourth-order valence-electron chi connectivity index (χ4n) is 3.78. The van der Waals surface area contributed by atoms with Crippen molar-refractivity contribution in [1.82, 2.24) is 4.90 Å². The van der Waals surface area contributed by atoms with Crippen LogP contribution in [-0.4, -0.2) is 18.0 Å². The van der Waals surface area contributed by atoms with E-state index in [1.807, 2.05) is 89.8 Å². The average Bonchev–Trinajstić information content (AvgIpc) is 2.87. The Hall–Kier alpha value is -3.57. The van der Waals surface area contributed by atoms with E-state index in [4.69, 9.17) is 4.74 Å². The number of nitrogens with zero attached hydrogens (tertiary/aromatic N) is 1. The van der Waals surface area contributed by atoms with Crippen LogP contribution in [0.4, 0.5) is 10.5 Å². The molecule has 4 aromatic rings. The van der Waals surface area contributed by atoms with E-state index in [1.165, 1.54) is 0 Å². The number of para-hydroxylation sites is 1. The van der Waals surface area contributed by atoms with Crippen LogP contribution in [0.25, 0.3) is 0 Å². The highest BCUT2D eigenvalue weighted by atomic mass is 79.9. The number of benzene rings is 4. The topological polar surface area (TPSA) is 41.6 Å². The highest BCUT2D eigenvalue weighted by molar-refractivity contribution is 9.10. The van der Waals surface area contributed by atoms with Crippen molar-refractivity contribution in [2.75, 3.05) is 12.4 Å². The molecule has 5 heteroatoms. The minimum absolute atomic E-state index is 0.185. The third-order valence-electron chi connectivity index (χ3n) is 5.43. The quantitative estimate of drug-likeness (QED) is 0.289. The zero-order valence-corrected chi connectivity index (χ0v) is 19.9. The van der Waals surface area contributed by atoms with Gasteiger partial charge in [0.15, 0.2) is 0 Å². The van der Waals surface area contributed by atoms with Gasteiger partial charge in [0.05, 0.1) is 18.8 Å². The molecule has 0 saturated heterocycles. The summed E-state index contributed by atoms with van der Waals surface area (Å²) >= 11 is 3.54. The molecule has 0 bridgehead atoms. The van der Waals surface area contributed by atoms with Crippen LogP contribution in [0.15, 0.2) is 114 Å². The van der Waals surface area contributed by atoms with E-state index in [0.717, 1.165) is 32.6 Å². The average molecular weight is 501 g/mol. The first-order chi connectivity index (χ1) is 16.2. The lowest BCUT2D eigenvalue weighted by atomic mass is 9.96. The molecular weight excluding hydrogens is 476 g/mol. The van der Waals surface area contributed by atoms with Gasteiger partial charge in [-0.15, -0.1) is 0 Å². The maximum atomic E-state index is 13.7. The van der Waals surface area contributed by atoms with Gasteiger partial charge in [-0.05, 0) is 56.9 Å². The molecule has 2 amide bonds. The number of carbonyl (C=O) groups excluding carboxylic acids is 1. The van der Waals surface area contributed by atoms with E-state index < -0.39 is 0 Å². The minimum atomic E-state index is -0.267. The third-order valence-corrected chi connectivity index (χ3v) is 6.12. The van der Waals surface area contributed by atoms with Crippen molar-refractivity contribution in [3.05, 3.63) is 130 Å². The van der Waals surface area contributed by atoms with Crippen LogP contribution < -0.4 is 10.1 Å². The molecule has 0 saturated carbocycles. The summed E-state index contributed by atoms with van der Waals surface area (Å²) in [4.78, 5) is 15.6. The highest BCUT2D eigenvalue weighted by Crippen LogP contribution is 2.32. The Balaban J connectivity index is 1.76. The molecule has 1 N–H and O–H groups in total. The Morgan fingerprint density at radius 1 is 0.818 bits per heavy atom. The smallest absolute Gasteiger partial charge is 0.322 e. The van der Waals surface area contributed by atoms with Crippen molar-refractivity contribution in [3.63, 3.8) is 0 Å². The standard InChI is InChI=1S/C28H25BrN2O2/c1-33-24-18-16-21(17-19-24)20-31(28(32)30-26-15-9-8-14-25(26)29)27(22-10-4-2-5-11-22)23-12-6-3-7-13-23/h2-19,27H,20H2,1H3,(H,30,32). The van der Waals surface area contributed by atoms with Crippen LogP contribution in [0.2, 0.25) is 0 Å². The molecule has 4 rings (SSSR count). The summed E-state index contributed by atoms with van der Waals surface area (Å²) < 4.78 is 6.13. The van der Waals surface area contributed by atoms with Crippen molar-refractivity contribution in [2.45, 2.75) is 12.6 Å². The van der Waals surface area contributed by atoms with E-state index >= 15 is 0 Å². The van der Waals surface area contributed by atoms with Gasteiger partial charge in [-0.1, -0.05) is 84.9 Å². The number of amides is 2. The number of carbonyl (C=O) groups is 1. The SMILES string of the molecule is COc1ccc(CN(C(=O)Nc2ccccc2Br)C(c2ccccc2)c2ccccc2)cc1. The first kappa shape index (κ1) is 22.6. The number of hydrogen-bond donors (Lipinski definition) is 1. The van der Waals surface area contributed by atoms with E-state index in [-0.39, 0.29) is 12.1 Å². The van der Waals surface area contributed by atoms with Gasteiger partial charge in [0.1, 0.15) is 5.75 Å². The Bertz CT molecular complexity index is 1140. The normalized spacial score (nSPS) is 10.6. The first-order valence-electron chi connectivity index (χ1n) is 10.7. The van der Waals surface area contributed by atoms with Crippen LogP contribution in [0.3, 0.4) is 0 Å². The Morgan fingerprint density at radius 3 is 1.91 bits per heavy atom. The van der Waals surface area contributed by atoms with E-state index in [9.17, 15) is 4.79 Å². The number of hydrogen-bond acceptors (Lipinski definition) is 2. The molecule has 4 aromatic carbocycles. The molecule has 0 fully saturated rings. The summed E-state index contributed by atoms with van der Waals surface area (Å²) in [6.45, 7) is 0.425. The van der Waals surface area contributed by atoms with Crippen molar-refractivity contribution in [1.29, 1.82) is 0 Å². The maximum absolute atomic E-state index is 13.7. The van der Waals surface area contributed by atoms with Crippen LogP contribution in [0.1, 0.15) is 22.7 Å². The zero-order chi connectivity index (χ0) is 23.0. The lowest BCUT2D eigenvalue weighted by molar-refractivity contribution is 0.194. The Labute approximate surface area is 203 Å². The molecular formula is C28H25BrN2O2. The first-order valence-corrected chi connectivity index (χ1v) is 11.5. The van der Waals surface area contributed by atoms with Gasteiger partial charge in [0.25, 0.3) is 0 Å². The predicted molar refractivity (Wildman–Crippen MR) is 136 cm³/mol. The molecule has 0 aliphatic rings. The van der Waals surface area contributed by atoms with E-state index in [2.05, 4.69) is 45.5 Å². The molecule has 0 aromatic heterocycles. The van der Waals surface area contributed by atoms with Gasteiger partial charge in [-0.2, -0.15) is 0 Å². The molecule has 0 spiro atoms. The second kappa shape index (κ2) is 10.8. The van der Waals surface area contributed by atoms with Crippen LogP contribution in [0.5, 0.6) is 5.75 Å². The molecule has 4 nitrogen and oxygen atoms in total. The molecule has 0 heterocycles. The van der Waals surface area contributed by atoms with E-state index in [1.54, 1.807) is 7.11 Å². The molecule has 0 atom stereocenters. The number of ether oxygens (including phenoxy) is 1. The van der Waals surface area contributed by atoms with E-state index in [0.29, 0.717) is 6.54 Å². The number of rotatable bonds is 7. The van der Waals surface area contributed by atoms with Crippen molar-refractivity contribution in [2.24, 2.45) is 0 Å². The maximum Gasteiger partial charge on any atom is 0.322 e. The number of anilines is 1. The summed E-state index contributed by atoms with van der Waals surface area (Å²) in [6.07, 6.45) is 0. The van der Waals surface area contributed by atoms with Gasteiger partial charge in [0.2, 0.25) is 0 Å². The summed E-state index contributed by atoms with van der Waals surface area (Å²) in [6, 6.07) is 35.2. The lowest BCUT2D eigenvalue weighted by Gasteiger charge is -2.33. The van der Waals surface area contributed by atoms with Crippen molar-refractivity contribution < 1.29 is 9.53 Å². The predicted octanol–water partition coefficient (Wildman–Crippen LogP) is 7.28. The zero-order valence-electron chi connectivity index (χ0n) is 18.3. The van der Waals surface area contributed by atoms with Crippen LogP contribution in [-0.2, 0) is 6.54 Å². The monoisotopic (exact) mass is 500 g/mol. The summed E-state index contributed by atoms with van der Waals surface area (Å²) in [5.41, 5.74) is 3.82. The fourth-order valence-corrected chi connectivity index (χ4v) is 4.16. The molecule has 0 aliphatic heterocycles. The minimum Gasteiger partial charge on any atom is -0.497 e. The molecule has 0 aliphatic carbocycles. The summed E-state index contributed by atoms with van der Waals surface area (Å²) in [5, 5.41) is 3.09. The second-order valence-corrected chi connectivity index (χ2v) is 8.46. The summed E-state index contributed by atoms with van der Waals surface area (Å²) in [7, 11) is 1.65. The largest absolute Gasteiger partial charge is 0.497 e. The number of urea groups is 1. The fraction of sp³-hybridized carbons (Fsp3) is 0.107. The third kappa shape index (κ3) is 5.62. The van der Waals surface area contributed by atoms with Gasteiger partial charge < -0.3 is 15.0 Å². The van der Waals surface area contributed by atoms with Crippen molar-refractivity contribution >= 4 is 27.6 Å². The van der Waals surface area contributed by atoms with Gasteiger partial charge in [-0.3, -0.25) is 0 Å². The lowest BCUT2D eigenvalue weighted by Crippen LogP contribution is -2.38. The molecule has 166 valence electrons. The molecule has 33 heavy (non-hydrogen) atoms.